The van der Waals surface area contributed by atoms with Crippen LogP contribution < -0.4 is 42.0 Å². The van der Waals surface area contributed by atoms with Crippen molar-refractivity contribution in [3.8, 4) is 0 Å². The number of alkyl carbamates (subject to hydrolysis) is 1. The van der Waals surface area contributed by atoms with E-state index in [-0.39, 0.29) is 65.9 Å². The van der Waals surface area contributed by atoms with Crippen molar-refractivity contribution in [3.63, 3.8) is 0 Å². The van der Waals surface area contributed by atoms with Crippen LogP contribution in [0.25, 0.3) is 16.7 Å². The molecule has 26 nitrogen and oxygen atoms in total. The Balaban J connectivity index is 0.808. The Labute approximate surface area is 494 Å². The number of amides is 3. The highest BCUT2D eigenvalue weighted by molar-refractivity contribution is 8.08. The van der Waals surface area contributed by atoms with E-state index in [2.05, 4.69) is 121 Å². The largest absolute Gasteiger partial charge is 0.488 e. The van der Waals surface area contributed by atoms with Gasteiger partial charge in [0.05, 0.1) is 12.9 Å². The van der Waals surface area contributed by atoms with Crippen LogP contribution in [0, 0.1) is 0 Å². The third kappa shape index (κ3) is 12.6. The molecule has 1 aliphatic carbocycles. The SMILES string of the molecule is CCN1c2cc3c(cc2C(C)CC1(C)C)C(c1ccccc1C(=O)N(C)CCCC(=O)NCCNC(=O)O[C@@H]1[C@H](O)[C@@H](COP(=O)(O)OP(=O)(O)OP(O)(O)=S)O[C@H]1n1cnc2c(=O)[nH]c(N)nc21)=c1cc2c4c(c1C3(C)C)CCC[N+]=4CCC2. The Morgan fingerprint density at radius 2 is 1.72 bits per heavy atom. The monoisotopic (exact) mass is 1250 g/mol. The maximum absolute atomic E-state index is 14.9. The molecule has 458 valence electrons. The minimum atomic E-state index is -5.69. The normalized spacial score (nSPS) is 22.5. The summed E-state index contributed by atoms with van der Waals surface area (Å²) < 4.78 is 52.4. The van der Waals surface area contributed by atoms with Crippen LogP contribution in [0.1, 0.15) is 135 Å². The van der Waals surface area contributed by atoms with Crippen LogP contribution in [0.5, 0.6) is 0 Å². The number of carbonyl (C=O) groups excluding carboxylic acids is 3. The Hall–Kier alpha value is -5.76. The highest BCUT2D eigenvalue weighted by atomic mass is 32.5. The van der Waals surface area contributed by atoms with Crippen LogP contribution in [-0.4, -0.2) is 144 Å². The van der Waals surface area contributed by atoms with Gasteiger partial charge in [-0.25, -0.2) is 27.8 Å². The summed E-state index contributed by atoms with van der Waals surface area (Å²) in [6, 6.07) is 15.2. The van der Waals surface area contributed by atoms with E-state index in [1.54, 1.807) is 11.9 Å². The number of aromatic nitrogens is 4. The average Bonchev–Trinajstić information content (AvgIpc) is 1.32. The number of ether oxygens (including phenoxy) is 2. The number of nitrogen functional groups attached to an aromatic ring is 1. The lowest BCUT2D eigenvalue weighted by atomic mass is 9.64. The molecule has 1 fully saturated rings. The third-order valence-electron chi connectivity index (χ3n) is 16.7. The van der Waals surface area contributed by atoms with E-state index in [1.807, 2.05) is 18.2 Å². The van der Waals surface area contributed by atoms with Crippen LogP contribution in [0.2, 0.25) is 0 Å². The zero-order chi connectivity index (χ0) is 61.3. The summed E-state index contributed by atoms with van der Waals surface area (Å²) in [5, 5.41) is 19.1. The molecule has 5 aromatic rings. The fourth-order valence-corrected chi connectivity index (χ4v) is 17.1. The van der Waals surface area contributed by atoms with Gasteiger partial charge in [-0.1, -0.05) is 39.0 Å². The van der Waals surface area contributed by atoms with Gasteiger partial charge in [0.15, 0.2) is 23.5 Å². The van der Waals surface area contributed by atoms with Crippen molar-refractivity contribution in [1.82, 2.24) is 39.6 Å². The summed E-state index contributed by atoms with van der Waals surface area (Å²) in [6.45, 7) is 11.0. The standard InChI is InChI=1S/C55H71N10O16P3S/c1-8-65-39-26-38-36(25-35(39)30(2)27-54(65,3)4)42(37-24-31-14-11-22-63-23-12-17-34(45(31)63)43(37)55(38,5)6)32-15-9-10-16-33(32)50(69)62(7)21-13-18-41(66)57-19-20-58-53(70)79-47-46(67)40(28-77-82(71,72)80-83(73,74)81-84(75,76)85)78-51(47)64-29-59-44-48(64)60-52(56)61-49(44)68/h9-10,15-16,24-26,29-30,40,46-47,51,67H,8,11-14,17-23,27-28H2,1-7H3,(H8-,56,57,58,60,61,66,68,70,71,72,73,74,75,76,85)/p+1/t30?,40-,46-,47-,51-/m1/s1. The number of rotatable bonds is 19. The van der Waals surface area contributed by atoms with Gasteiger partial charge >= 0.3 is 28.5 Å². The van der Waals surface area contributed by atoms with Gasteiger partial charge in [0.1, 0.15) is 25.3 Å². The topological polar surface area (TPSA) is 356 Å². The van der Waals surface area contributed by atoms with Crippen molar-refractivity contribution in [3.05, 3.63) is 114 Å². The van der Waals surface area contributed by atoms with Crippen LogP contribution in [0.4, 0.5) is 16.4 Å². The van der Waals surface area contributed by atoms with E-state index in [0.29, 0.717) is 17.9 Å². The number of carbonyl (C=O) groups is 3. The minimum absolute atomic E-state index is 0.0262. The molecule has 3 aromatic carbocycles. The fraction of sp³-hybridized carbons (Fsp3) is 0.509. The number of aromatic amines is 1. The number of benzene rings is 3. The average molecular weight is 1250 g/mol. The number of H-pyrrole nitrogens is 1. The number of hydrogen-bond acceptors (Lipinski definition) is 17. The molecule has 7 atom stereocenters. The van der Waals surface area contributed by atoms with Crippen LogP contribution in [0.15, 0.2) is 53.6 Å². The number of fused-ring (bicyclic) bond motifs is 5. The van der Waals surface area contributed by atoms with Gasteiger partial charge in [-0.15, -0.1) is 0 Å². The first-order chi connectivity index (χ1) is 40.0. The van der Waals surface area contributed by atoms with Gasteiger partial charge in [0.25, 0.3) is 11.5 Å². The van der Waals surface area contributed by atoms with E-state index < -0.39 is 65.2 Å². The van der Waals surface area contributed by atoms with Gasteiger partial charge < -0.3 is 60.3 Å². The molecule has 10 rings (SSSR count). The van der Waals surface area contributed by atoms with Gasteiger partial charge in [0.2, 0.25) is 17.2 Å². The van der Waals surface area contributed by atoms with E-state index in [1.165, 1.54) is 44.1 Å². The molecule has 0 spiro atoms. The van der Waals surface area contributed by atoms with Crippen LogP contribution >= 0.6 is 22.4 Å². The van der Waals surface area contributed by atoms with Gasteiger partial charge in [-0.3, -0.25) is 28.5 Å². The first-order valence-electron chi connectivity index (χ1n) is 28.2. The summed E-state index contributed by atoms with van der Waals surface area (Å²) in [6.07, 6.45) is -1.38. The van der Waals surface area contributed by atoms with Crippen LogP contribution in [-0.2, 0) is 66.6 Å². The molecule has 3 unspecified atom stereocenters. The number of aliphatic hydroxyl groups is 1. The molecule has 0 bridgehead atoms. The zero-order valence-electron chi connectivity index (χ0n) is 48.1. The highest BCUT2D eigenvalue weighted by Crippen LogP contribution is 2.66. The fourth-order valence-electron chi connectivity index (χ4n) is 13.3. The third-order valence-corrected chi connectivity index (χ3v) is 21.1. The number of hydrogen-bond donors (Lipinski definition) is 9. The lowest BCUT2D eigenvalue weighted by Crippen LogP contribution is -2.50. The van der Waals surface area contributed by atoms with Crippen molar-refractivity contribution in [1.29, 1.82) is 0 Å². The van der Waals surface area contributed by atoms with E-state index in [4.69, 9.17) is 19.7 Å². The first kappa shape index (κ1) is 62.3. The zero-order valence-corrected chi connectivity index (χ0v) is 51.6. The lowest BCUT2D eigenvalue weighted by molar-refractivity contribution is -0.121. The molecule has 10 N–H and O–H groups in total. The molecule has 0 saturated carbocycles. The molecule has 6 heterocycles. The predicted molar refractivity (Wildman–Crippen MR) is 317 cm³/mol. The summed E-state index contributed by atoms with van der Waals surface area (Å²) in [5.74, 6) is -0.565. The Bertz CT molecular complexity index is 3870. The number of nitrogens with two attached hydrogens (primary N) is 1. The van der Waals surface area contributed by atoms with Gasteiger partial charge in [-0.05, 0) is 127 Å². The van der Waals surface area contributed by atoms with Crippen molar-refractivity contribution in [2.75, 3.05) is 63.6 Å². The molecular weight excluding hydrogens is 1180 g/mol. The summed E-state index contributed by atoms with van der Waals surface area (Å²) in [4.78, 5) is 107. The second-order valence-electron chi connectivity index (χ2n) is 23.3. The number of aliphatic hydroxyl groups excluding tert-OH is 1. The molecule has 85 heavy (non-hydrogen) atoms. The number of phosphoric acid groups is 2. The molecule has 4 aliphatic heterocycles. The summed E-state index contributed by atoms with van der Waals surface area (Å²) in [5.41, 5.74) is 15.9. The molecule has 3 amide bonds. The van der Waals surface area contributed by atoms with E-state index in [9.17, 15) is 53.0 Å². The molecule has 2 aromatic heterocycles. The second kappa shape index (κ2) is 23.7. The maximum atomic E-state index is 14.9. The lowest BCUT2D eigenvalue weighted by Gasteiger charge is -2.48. The summed E-state index contributed by atoms with van der Waals surface area (Å²) in [7, 11) is -9.56. The second-order valence-corrected chi connectivity index (χ2v) is 29.2. The number of aryl methyl sites for hydroxylation is 1. The molecule has 0 radical (unpaired) electrons. The van der Waals surface area contributed by atoms with E-state index in [0.717, 1.165) is 79.3 Å². The number of nitrogens with one attached hydrogen (secondary N) is 3. The number of imidazole rings is 1. The first-order valence-corrected chi connectivity index (χ1v) is 33.8. The minimum Gasteiger partial charge on any atom is -0.439 e. The number of nitrogens with zero attached hydrogens (tertiary/aromatic N) is 6. The van der Waals surface area contributed by atoms with Gasteiger partial charge in [0, 0.05) is 85.8 Å². The van der Waals surface area contributed by atoms with Gasteiger partial charge in [-0.2, -0.15) is 9.29 Å². The molecule has 1 saturated heterocycles. The quantitative estimate of drug-likeness (QED) is 0.0324. The summed E-state index contributed by atoms with van der Waals surface area (Å²) >= 11 is 4.10. The maximum Gasteiger partial charge on any atom is 0.488 e. The van der Waals surface area contributed by atoms with Crippen molar-refractivity contribution >= 4 is 80.5 Å². The van der Waals surface area contributed by atoms with Crippen molar-refractivity contribution in [2.45, 2.75) is 128 Å². The number of anilines is 2. The Kier molecular flexibility index (Phi) is 17.4. The van der Waals surface area contributed by atoms with Crippen LogP contribution in [0.3, 0.4) is 0 Å². The highest BCUT2D eigenvalue weighted by Gasteiger charge is 2.50. The van der Waals surface area contributed by atoms with Crippen molar-refractivity contribution in [2.24, 2.45) is 0 Å². The molecule has 30 heteroatoms. The smallest absolute Gasteiger partial charge is 0.439 e. The van der Waals surface area contributed by atoms with E-state index >= 15 is 0 Å². The Morgan fingerprint density at radius 3 is 2.45 bits per heavy atom. The predicted octanol–water partition coefficient (Wildman–Crippen LogP) is 3.57. The Morgan fingerprint density at radius 1 is 1.00 bits per heavy atom. The number of phosphoric ester groups is 1. The molecule has 5 aliphatic rings. The molecular formula is C55H72N10O16P3S+. The van der Waals surface area contributed by atoms with Crippen molar-refractivity contribution < 1.29 is 70.8 Å².